The summed E-state index contributed by atoms with van der Waals surface area (Å²) >= 11 is 0. The molecule has 1 saturated heterocycles. The van der Waals surface area contributed by atoms with Crippen LogP contribution in [0.1, 0.15) is 18.4 Å². The molecule has 2 N–H and O–H groups in total. The Morgan fingerprint density at radius 2 is 2.12 bits per heavy atom. The van der Waals surface area contributed by atoms with E-state index in [1.807, 2.05) is 0 Å². The molecule has 2 heterocycles. The summed E-state index contributed by atoms with van der Waals surface area (Å²) in [4.78, 5) is 15.1. The summed E-state index contributed by atoms with van der Waals surface area (Å²) in [6, 6.07) is 10.2. The van der Waals surface area contributed by atoms with E-state index < -0.39 is 27.6 Å². The van der Waals surface area contributed by atoms with E-state index in [4.69, 9.17) is 15.2 Å². The van der Waals surface area contributed by atoms with Crippen LogP contribution >= 0.6 is 0 Å². The molecule has 5 atom stereocenters. The van der Waals surface area contributed by atoms with Gasteiger partial charge in [0.1, 0.15) is 11.3 Å². The molecule has 1 saturated carbocycles. The molecule has 9 heteroatoms. The third-order valence-corrected chi connectivity index (χ3v) is 5.25. The Balaban J connectivity index is 1.96. The summed E-state index contributed by atoms with van der Waals surface area (Å²) in [6.45, 7) is 1.94. The topological polar surface area (TPSA) is 148 Å². The maximum Gasteiger partial charge on any atom is 0.293 e. The van der Waals surface area contributed by atoms with Gasteiger partial charge in [-0.3, -0.25) is 10.1 Å². The highest BCUT2D eigenvalue weighted by atomic mass is 16.8. The molecule has 0 bridgehead atoms. The Morgan fingerprint density at radius 1 is 1.40 bits per heavy atom. The number of nitriles is 2. The van der Waals surface area contributed by atoms with Crippen LogP contribution in [0.5, 0.6) is 0 Å². The normalized spacial score (nSPS) is 40.8. The highest BCUT2D eigenvalue weighted by Crippen LogP contribution is 2.83. The van der Waals surface area contributed by atoms with Crippen molar-refractivity contribution in [3.8, 4) is 12.1 Å². The summed E-state index contributed by atoms with van der Waals surface area (Å²) in [5.74, 6) is -2.66. The smallest absolute Gasteiger partial charge is 0.293 e. The lowest BCUT2D eigenvalue weighted by molar-refractivity contribution is -0.385. The number of aliphatic imine (C=N–C) groups is 1. The Kier molecular flexibility index (Phi) is 2.82. The van der Waals surface area contributed by atoms with Gasteiger partial charge in [0.25, 0.3) is 11.6 Å². The van der Waals surface area contributed by atoms with Crippen molar-refractivity contribution in [1.82, 2.24) is 0 Å². The molecular weight excluding hydrogens is 326 g/mol. The molecule has 1 aliphatic carbocycles. The summed E-state index contributed by atoms with van der Waals surface area (Å²) in [7, 11) is 0. The molecule has 2 aliphatic heterocycles. The molecule has 1 spiro atoms. The molecule has 0 radical (unpaired) electrons. The van der Waals surface area contributed by atoms with Gasteiger partial charge >= 0.3 is 0 Å². The maximum atomic E-state index is 11.4. The number of nitro groups is 1. The number of fused-ring (bicyclic) bond motifs is 2. The minimum absolute atomic E-state index is 0.0891. The number of para-hydroxylation sites is 1. The van der Waals surface area contributed by atoms with Crippen LogP contribution in [0.25, 0.3) is 0 Å². The zero-order chi connectivity index (χ0) is 18.0. The Hall–Kier alpha value is -3.01. The minimum atomic E-state index is -1.71. The van der Waals surface area contributed by atoms with Gasteiger partial charge in [-0.25, -0.2) is 4.99 Å². The van der Waals surface area contributed by atoms with Crippen molar-refractivity contribution in [1.29, 1.82) is 10.5 Å². The van der Waals surface area contributed by atoms with E-state index in [-0.39, 0.29) is 29.8 Å². The quantitative estimate of drug-likeness (QED) is 0.628. The van der Waals surface area contributed by atoms with E-state index in [0.717, 1.165) is 0 Å². The molecule has 1 aromatic rings. The van der Waals surface area contributed by atoms with Gasteiger partial charge < -0.3 is 15.2 Å². The second-order valence-corrected chi connectivity index (χ2v) is 6.41. The average molecular weight is 339 g/mol. The average Bonchev–Trinajstić information content (AvgIpc) is 2.98. The van der Waals surface area contributed by atoms with E-state index in [0.29, 0.717) is 0 Å². The second kappa shape index (κ2) is 4.54. The number of rotatable bonds is 2. The highest BCUT2D eigenvalue weighted by Gasteiger charge is 2.95. The first-order chi connectivity index (χ1) is 11.9. The predicted molar refractivity (Wildman–Crippen MR) is 82.8 cm³/mol. The second-order valence-electron chi connectivity index (χ2n) is 6.41. The molecule has 4 rings (SSSR count). The zero-order valence-electron chi connectivity index (χ0n) is 13.2. The van der Waals surface area contributed by atoms with Gasteiger partial charge in [0.15, 0.2) is 5.41 Å². The van der Waals surface area contributed by atoms with Crippen LogP contribution in [-0.4, -0.2) is 29.4 Å². The number of amidine groups is 1. The van der Waals surface area contributed by atoms with E-state index in [1.165, 1.54) is 18.2 Å². The summed E-state index contributed by atoms with van der Waals surface area (Å²) in [5, 5.41) is 31.3. The molecule has 9 nitrogen and oxygen atoms in total. The summed E-state index contributed by atoms with van der Waals surface area (Å²) in [5.41, 5.74) is 3.02. The molecule has 3 aliphatic rings. The first-order valence-electron chi connectivity index (χ1n) is 7.63. The fourth-order valence-corrected chi connectivity index (χ4v) is 4.23. The lowest BCUT2D eigenvalue weighted by atomic mass is 9.93. The Morgan fingerprint density at radius 3 is 2.68 bits per heavy atom. The van der Waals surface area contributed by atoms with Crippen molar-refractivity contribution in [2.24, 2.45) is 21.6 Å². The maximum absolute atomic E-state index is 11.4. The third-order valence-electron chi connectivity index (χ3n) is 5.25. The fourth-order valence-electron chi connectivity index (χ4n) is 4.23. The highest BCUT2D eigenvalue weighted by molar-refractivity contribution is 6.00. The van der Waals surface area contributed by atoms with Crippen molar-refractivity contribution < 1.29 is 14.4 Å². The van der Waals surface area contributed by atoms with Gasteiger partial charge in [0, 0.05) is 17.5 Å². The van der Waals surface area contributed by atoms with Crippen molar-refractivity contribution in [3.63, 3.8) is 0 Å². The van der Waals surface area contributed by atoms with Gasteiger partial charge in [-0.2, -0.15) is 10.5 Å². The lowest BCUT2D eigenvalue weighted by Crippen LogP contribution is -2.39. The van der Waals surface area contributed by atoms with Crippen LogP contribution in [0.2, 0.25) is 0 Å². The SMILES string of the molecule is C[C@H]1CO[C@]2(N=C(N)[C@@]3(C#N)[C@@H](c4ccccc4[N+](=O)[O-])[C@@]23C#N)O1. The van der Waals surface area contributed by atoms with Gasteiger partial charge in [0.05, 0.1) is 29.8 Å². The van der Waals surface area contributed by atoms with E-state index in [9.17, 15) is 20.6 Å². The van der Waals surface area contributed by atoms with E-state index in [2.05, 4.69) is 17.1 Å². The zero-order valence-corrected chi connectivity index (χ0v) is 13.2. The van der Waals surface area contributed by atoms with E-state index >= 15 is 0 Å². The summed E-state index contributed by atoms with van der Waals surface area (Å²) in [6.07, 6.45) is -0.344. The van der Waals surface area contributed by atoms with Crippen molar-refractivity contribution >= 4 is 11.5 Å². The first-order valence-corrected chi connectivity index (χ1v) is 7.63. The fraction of sp³-hybridized carbons (Fsp3) is 0.438. The Labute approximate surface area is 142 Å². The van der Waals surface area contributed by atoms with Gasteiger partial charge in [-0.05, 0) is 6.92 Å². The number of hydrogen-bond acceptors (Lipinski definition) is 8. The van der Waals surface area contributed by atoms with Gasteiger partial charge in [-0.1, -0.05) is 18.2 Å². The third kappa shape index (κ3) is 1.46. The molecule has 2 fully saturated rings. The van der Waals surface area contributed by atoms with Gasteiger partial charge in [-0.15, -0.1) is 0 Å². The lowest BCUT2D eigenvalue weighted by Gasteiger charge is -2.26. The van der Waals surface area contributed by atoms with Crippen molar-refractivity contribution in [2.45, 2.75) is 24.9 Å². The molecule has 0 unspecified atom stereocenters. The molecular formula is C16H13N5O4. The standard InChI is InChI=1S/C16H13N5O4/c1-9-6-24-16(25-9)15(8-18)12(14(15,7-17)13(19)20-16)10-4-2-3-5-11(10)21(22)23/h2-5,9,12H,6H2,1H3,(H2,19,20)/t9-,12+,14+,15+,16-/m0/s1. The van der Waals surface area contributed by atoms with Crippen LogP contribution < -0.4 is 5.73 Å². The number of benzene rings is 1. The summed E-state index contributed by atoms with van der Waals surface area (Å²) < 4.78 is 11.5. The number of hydrogen-bond donors (Lipinski definition) is 1. The van der Waals surface area contributed by atoms with Crippen molar-refractivity contribution in [2.75, 3.05) is 6.61 Å². The predicted octanol–water partition coefficient (Wildman–Crippen LogP) is 1.17. The van der Waals surface area contributed by atoms with E-state index in [1.54, 1.807) is 13.0 Å². The number of nitro benzene ring substituents is 1. The van der Waals surface area contributed by atoms with Crippen LogP contribution in [0.4, 0.5) is 5.69 Å². The number of nitrogens with zero attached hydrogens (tertiary/aromatic N) is 4. The van der Waals surface area contributed by atoms with Crippen molar-refractivity contribution in [3.05, 3.63) is 39.9 Å². The minimum Gasteiger partial charge on any atom is -0.386 e. The largest absolute Gasteiger partial charge is 0.386 e. The molecule has 126 valence electrons. The van der Waals surface area contributed by atoms with Crippen LogP contribution in [-0.2, 0) is 9.47 Å². The molecule has 25 heavy (non-hydrogen) atoms. The molecule has 0 aromatic heterocycles. The van der Waals surface area contributed by atoms with Crippen LogP contribution in [0.3, 0.4) is 0 Å². The van der Waals surface area contributed by atoms with Crippen LogP contribution in [0, 0.1) is 43.6 Å². The Bertz CT molecular complexity index is 918. The number of ether oxygens (including phenoxy) is 2. The molecule has 1 aromatic carbocycles. The van der Waals surface area contributed by atoms with Crippen LogP contribution in [0.15, 0.2) is 29.3 Å². The van der Waals surface area contributed by atoms with Gasteiger partial charge in [0.2, 0.25) is 0 Å². The molecule has 0 amide bonds. The monoisotopic (exact) mass is 339 g/mol. The first kappa shape index (κ1) is 15.5. The number of nitrogens with two attached hydrogens (primary N) is 1.